The van der Waals surface area contributed by atoms with Gasteiger partial charge in [-0.2, -0.15) is 0 Å². The lowest BCUT2D eigenvalue weighted by Gasteiger charge is -2.39. The zero-order valence-electron chi connectivity index (χ0n) is 20.6. The van der Waals surface area contributed by atoms with Gasteiger partial charge in [-0.05, 0) is 49.2 Å². The molecule has 1 aromatic heterocycles. The molecule has 3 aromatic rings. The molecule has 2 aliphatic rings. The molecule has 0 spiro atoms. The highest BCUT2D eigenvalue weighted by Gasteiger charge is 2.42. The number of alkyl halides is 3. The van der Waals surface area contributed by atoms with Gasteiger partial charge in [0.05, 0.1) is 12.8 Å². The van der Waals surface area contributed by atoms with Gasteiger partial charge in [0.25, 0.3) is 0 Å². The SMILES string of the molecule is CCNC1(c2ccc(-n3cnc(Cl)c3)c(OC)c2)N=C(N)C2=C(N1)C(c1ccc(OC(F)(F)F)cc1)CC2. The molecular weight excluding hydrogens is 521 g/mol. The molecule has 0 saturated heterocycles. The molecule has 0 radical (unpaired) electrons. The molecule has 2 unspecified atom stereocenters. The third-order valence-corrected chi connectivity index (χ3v) is 6.84. The van der Waals surface area contributed by atoms with E-state index in [0.29, 0.717) is 29.7 Å². The predicted octanol–water partition coefficient (Wildman–Crippen LogP) is 4.94. The quantitative estimate of drug-likeness (QED) is 0.388. The molecule has 0 fully saturated rings. The average Bonchev–Trinajstić information content (AvgIpc) is 3.50. The van der Waals surface area contributed by atoms with E-state index in [4.69, 9.17) is 27.1 Å². The van der Waals surface area contributed by atoms with E-state index in [1.54, 1.807) is 36.3 Å². The molecule has 4 N–H and O–H groups in total. The first kappa shape index (κ1) is 25.9. The number of imidazole rings is 1. The highest BCUT2D eigenvalue weighted by Crippen LogP contribution is 2.43. The van der Waals surface area contributed by atoms with Crippen LogP contribution in [0.1, 0.15) is 36.8 Å². The number of ether oxygens (including phenoxy) is 2. The Hall–Kier alpha value is -3.70. The van der Waals surface area contributed by atoms with E-state index in [1.807, 2.05) is 25.1 Å². The van der Waals surface area contributed by atoms with Gasteiger partial charge in [0.1, 0.15) is 28.8 Å². The van der Waals surface area contributed by atoms with Crippen LogP contribution in [0.25, 0.3) is 5.69 Å². The minimum absolute atomic E-state index is 0.105. The van der Waals surface area contributed by atoms with Gasteiger partial charge < -0.3 is 25.1 Å². The summed E-state index contributed by atoms with van der Waals surface area (Å²) in [5.41, 5.74) is 10.6. The van der Waals surface area contributed by atoms with Crippen LogP contribution in [0.2, 0.25) is 5.15 Å². The van der Waals surface area contributed by atoms with Crippen LogP contribution in [-0.2, 0) is 5.79 Å². The summed E-state index contributed by atoms with van der Waals surface area (Å²) in [7, 11) is 1.58. The largest absolute Gasteiger partial charge is 0.573 e. The summed E-state index contributed by atoms with van der Waals surface area (Å²) in [6.07, 6.45) is -0.0414. The van der Waals surface area contributed by atoms with Gasteiger partial charge in [0.2, 0.25) is 5.79 Å². The number of nitrogens with two attached hydrogens (primary N) is 1. The van der Waals surface area contributed by atoms with Crippen molar-refractivity contribution in [1.82, 2.24) is 20.2 Å². The van der Waals surface area contributed by atoms with Crippen molar-refractivity contribution in [1.29, 1.82) is 0 Å². The van der Waals surface area contributed by atoms with Gasteiger partial charge in [-0.25, -0.2) is 9.98 Å². The fourth-order valence-corrected chi connectivity index (χ4v) is 5.19. The standard InChI is InChI=1S/C26H26ClF3N6O2/c1-3-33-25(16-6-11-20(21(12-16)37-2)36-13-22(27)32-14-36)34-23-18(9-10-19(23)24(31)35-25)15-4-7-17(8-5-15)38-26(28,29)30/h4-8,11-14,18,33-34H,3,9-10H2,1-2H3,(H2,31,35). The summed E-state index contributed by atoms with van der Waals surface area (Å²) >= 11 is 6.00. The van der Waals surface area contributed by atoms with Gasteiger partial charge in [-0.1, -0.05) is 36.7 Å². The lowest BCUT2D eigenvalue weighted by atomic mass is 9.94. The normalized spacial score (nSPS) is 21.1. The Bertz CT molecular complexity index is 1400. The molecule has 2 heterocycles. The first-order valence-electron chi connectivity index (χ1n) is 12.0. The van der Waals surface area contributed by atoms with E-state index in [0.717, 1.165) is 34.5 Å². The number of hydrogen-bond donors (Lipinski definition) is 3. The molecule has 1 aliphatic heterocycles. The first-order chi connectivity index (χ1) is 18.1. The van der Waals surface area contributed by atoms with Crippen molar-refractivity contribution in [3.05, 3.63) is 82.5 Å². The topological polar surface area (TPSA) is 98.7 Å². The average molecular weight is 547 g/mol. The van der Waals surface area contributed by atoms with E-state index in [2.05, 4.69) is 20.4 Å². The maximum absolute atomic E-state index is 12.6. The van der Waals surface area contributed by atoms with Gasteiger partial charge in [0.15, 0.2) is 0 Å². The van der Waals surface area contributed by atoms with E-state index in [1.165, 1.54) is 12.1 Å². The molecule has 12 heteroatoms. The van der Waals surface area contributed by atoms with Gasteiger partial charge in [-0.3, -0.25) is 5.32 Å². The summed E-state index contributed by atoms with van der Waals surface area (Å²) < 4.78 is 49.3. The first-order valence-corrected chi connectivity index (χ1v) is 12.4. The second kappa shape index (κ2) is 9.88. The van der Waals surface area contributed by atoms with Crippen LogP contribution in [-0.4, -0.2) is 35.4 Å². The third-order valence-electron chi connectivity index (χ3n) is 6.64. The van der Waals surface area contributed by atoms with Crippen LogP contribution in [0.15, 0.2) is 71.3 Å². The summed E-state index contributed by atoms with van der Waals surface area (Å²) in [4.78, 5) is 8.92. The van der Waals surface area contributed by atoms with Crippen LogP contribution in [0.3, 0.4) is 0 Å². The lowest BCUT2D eigenvalue weighted by molar-refractivity contribution is -0.274. The van der Waals surface area contributed by atoms with Crippen LogP contribution in [0.4, 0.5) is 13.2 Å². The molecule has 0 amide bonds. The van der Waals surface area contributed by atoms with Crippen molar-refractivity contribution in [3.8, 4) is 17.2 Å². The lowest BCUT2D eigenvalue weighted by Crippen LogP contribution is -2.56. The third kappa shape index (κ3) is 4.91. The summed E-state index contributed by atoms with van der Waals surface area (Å²) in [5, 5.41) is 7.37. The highest BCUT2D eigenvalue weighted by atomic mass is 35.5. The Morgan fingerprint density at radius 1 is 1.24 bits per heavy atom. The Morgan fingerprint density at radius 2 is 2.00 bits per heavy atom. The maximum Gasteiger partial charge on any atom is 0.573 e. The number of nitrogens with zero attached hydrogens (tertiary/aromatic N) is 3. The van der Waals surface area contributed by atoms with Crippen LogP contribution in [0.5, 0.6) is 11.5 Å². The molecule has 8 nitrogen and oxygen atoms in total. The smallest absolute Gasteiger partial charge is 0.495 e. The van der Waals surface area contributed by atoms with Crippen LogP contribution < -0.4 is 25.8 Å². The number of nitrogens with one attached hydrogen (secondary N) is 2. The van der Waals surface area contributed by atoms with Crippen molar-refractivity contribution in [2.24, 2.45) is 10.7 Å². The molecule has 0 bridgehead atoms. The molecule has 200 valence electrons. The fraction of sp³-hybridized carbons (Fsp3) is 0.308. The number of methoxy groups -OCH3 is 1. The molecule has 38 heavy (non-hydrogen) atoms. The Kier molecular flexibility index (Phi) is 6.74. The number of benzene rings is 2. The van der Waals surface area contributed by atoms with E-state index >= 15 is 0 Å². The fourth-order valence-electron chi connectivity index (χ4n) is 5.04. The summed E-state index contributed by atoms with van der Waals surface area (Å²) in [6.45, 7) is 2.53. The Labute approximate surface area is 222 Å². The number of rotatable bonds is 7. The zero-order valence-corrected chi connectivity index (χ0v) is 21.4. The van der Waals surface area contributed by atoms with E-state index in [9.17, 15) is 13.2 Å². The predicted molar refractivity (Wildman–Crippen MR) is 137 cm³/mol. The van der Waals surface area contributed by atoms with E-state index < -0.39 is 12.1 Å². The molecular formula is C26H26ClF3N6O2. The number of aliphatic imine (C=N–C) groups is 1. The van der Waals surface area contributed by atoms with E-state index in [-0.39, 0.29) is 11.7 Å². The number of allylic oxidation sites excluding steroid dienone is 1. The van der Waals surface area contributed by atoms with Crippen molar-refractivity contribution in [2.45, 2.75) is 37.8 Å². The minimum atomic E-state index is -4.74. The van der Waals surface area contributed by atoms with Crippen LogP contribution in [0, 0.1) is 0 Å². The van der Waals surface area contributed by atoms with Crippen molar-refractivity contribution in [3.63, 3.8) is 0 Å². The summed E-state index contributed by atoms with van der Waals surface area (Å²) in [6, 6.07) is 11.6. The molecule has 0 saturated carbocycles. The van der Waals surface area contributed by atoms with Crippen LogP contribution >= 0.6 is 11.6 Å². The molecule has 2 atom stereocenters. The number of aromatic nitrogens is 2. The van der Waals surface area contributed by atoms with Crippen molar-refractivity contribution < 1.29 is 22.6 Å². The van der Waals surface area contributed by atoms with Gasteiger partial charge in [-0.15, -0.1) is 13.2 Å². The minimum Gasteiger partial charge on any atom is -0.495 e. The summed E-state index contributed by atoms with van der Waals surface area (Å²) in [5.74, 6) is -0.473. The van der Waals surface area contributed by atoms with Gasteiger partial charge >= 0.3 is 6.36 Å². The van der Waals surface area contributed by atoms with Crippen molar-refractivity contribution in [2.75, 3.05) is 13.7 Å². The molecule has 2 aromatic carbocycles. The Balaban J connectivity index is 1.50. The Morgan fingerprint density at radius 3 is 2.63 bits per heavy atom. The maximum atomic E-state index is 12.6. The highest BCUT2D eigenvalue weighted by molar-refractivity contribution is 6.29. The second-order valence-corrected chi connectivity index (χ2v) is 9.34. The molecule has 1 aliphatic carbocycles. The van der Waals surface area contributed by atoms with Gasteiger partial charge in [0, 0.05) is 28.9 Å². The van der Waals surface area contributed by atoms with Crippen molar-refractivity contribution >= 4 is 17.4 Å². The monoisotopic (exact) mass is 546 g/mol. The number of amidine groups is 1. The zero-order chi connectivity index (χ0) is 27.1. The number of hydrogen-bond acceptors (Lipinski definition) is 7. The number of halogens is 4. The second-order valence-electron chi connectivity index (χ2n) is 8.95. The molecule has 5 rings (SSSR count).